The third-order valence-electron chi connectivity index (χ3n) is 8.97. The number of ether oxygens (including phenoxy) is 1. The molecule has 1 aliphatic carbocycles. The number of carbonyl (C=O) groups excluding carboxylic acids is 3. The number of aromatic nitrogens is 1. The van der Waals surface area contributed by atoms with Gasteiger partial charge in [0.15, 0.2) is 11.4 Å². The number of hydrogen-bond acceptors (Lipinski definition) is 9. The summed E-state index contributed by atoms with van der Waals surface area (Å²) >= 11 is 0. The maximum absolute atomic E-state index is 14.6. The highest BCUT2D eigenvalue weighted by Gasteiger charge is 2.52. The molecule has 2 heterocycles. The van der Waals surface area contributed by atoms with Gasteiger partial charge in [-0.2, -0.15) is 0 Å². The van der Waals surface area contributed by atoms with Gasteiger partial charge < -0.3 is 24.6 Å². The predicted octanol–water partition coefficient (Wildman–Crippen LogP) is 4.65. The molecule has 274 valence electrons. The number of para-hydroxylation sites is 1. The molecule has 1 spiro atoms. The second-order valence-corrected chi connectivity index (χ2v) is 15.1. The summed E-state index contributed by atoms with van der Waals surface area (Å²) in [4.78, 5) is 55.1. The van der Waals surface area contributed by atoms with Crippen molar-refractivity contribution in [2.75, 3.05) is 24.3 Å². The first kappa shape index (κ1) is 37.5. The second-order valence-electron chi connectivity index (χ2n) is 12.8. The molecule has 2 amide bonds. The number of aromatic hydroxyl groups is 1. The Labute approximate surface area is 294 Å². The third-order valence-corrected chi connectivity index (χ3v) is 11.0. The lowest BCUT2D eigenvalue weighted by atomic mass is 10.0. The molecule has 2 atom stereocenters. The monoisotopic (exact) mass is 729 g/mol. The quantitative estimate of drug-likeness (QED) is 0.167. The van der Waals surface area contributed by atoms with Crippen LogP contribution in [0.2, 0.25) is 0 Å². The molecular weight excluding hydrogens is 687 g/mol. The lowest BCUT2D eigenvalue weighted by molar-refractivity contribution is -0.149. The average Bonchev–Trinajstić information content (AvgIpc) is 3.55. The molecule has 3 N–H and O–H groups in total. The van der Waals surface area contributed by atoms with Crippen molar-refractivity contribution in [2.24, 2.45) is 0 Å². The first-order chi connectivity index (χ1) is 24.2. The van der Waals surface area contributed by atoms with Crippen LogP contribution >= 0.6 is 7.52 Å². The van der Waals surface area contributed by atoms with Crippen molar-refractivity contribution in [3.05, 3.63) is 93.4 Å². The van der Waals surface area contributed by atoms with Gasteiger partial charge in [-0.05, 0) is 71.6 Å². The zero-order valence-corrected chi connectivity index (χ0v) is 29.8. The summed E-state index contributed by atoms with van der Waals surface area (Å²) < 4.78 is 55.0. The third kappa shape index (κ3) is 7.79. The fourth-order valence-corrected chi connectivity index (χ4v) is 8.54. The largest absolute Gasteiger partial charge is 0.502 e. The SMILES string of the molecule is CCN1C(=O)c2c(O)c(=O)c(C(=O)NCc3ccc(F)cc3F)cn2N(CCP(=O)(N[C@@H](C)C(=O)OC(C)C)Oc2ccccc2)C12CCCC2. The van der Waals surface area contributed by atoms with Crippen LogP contribution in [0.1, 0.15) is 79.8 Å². The van der Waals surface area contributed by atoms with E-state index in [1.165, 1.54) is 11.6 Å². The van der Waals surface area contributed by atoms with Crippen LogP contribution in [0.25, 0.3) is 0 Å². The summed E-state index contributed by atoms with van der Waals surface area (Å²) in [6, 6.07) is 10.2. The summed E-state index contributed by atoms with van der Waals surface area (Å²) in [5, 5.41) is 18.2. The molecule has 0 saturated heterocycles. The molecule has 2 aromatic carbocycles. The number of benzene rings is 2. The number of esters is 1. The number of carbonyl (C=O) groups is 3. The van der Waals surface area contributed by atoms with E-state index in [1.54, 1.807) is 61.0 Å². The van der Waals surface area contributed by atoms with Crippen molar-refractivity contribution in [1.82, 2.24) is 20.0 Å². The highest BCUT2D eigenvalue weighted by atomic mass is 31.2. The van der Waals surface area contributed by atoms with Gasteiger partial charge in [0, 0.05) is 37.5 Å². The van der Waals surface area contributed by atoms with Gasteiger partial charge in [-0.3, -0.25) is 33.4 Å². The maximum atomic E-state index is 14.6. The van der Waals surface area contributed by atoms with Gasteiger partial charge in [-0.15, -0.1) is 0 Å². The number of nitrogens with one attached hydrogen (secondary N) is 2. The topological polar surface area (TPSA) is 160 Å². The Morgan fingerprint density at radius 1 is 1.06 bits per heavy atom. The highest BCUT2D eigenvalue weighted by Crippen LogP contribution is 2.46. The summed E-state index contributed by atoms with van der Waals surface area (Å²) in [6.45, 7) is 6.37. The Balaban J connectivity index is 1.55. The summed E-state index contributed by atoms with van der Waals surface area (Å²) in [7, 11) is -3.95. The number of halogens is 2. The Bertz CT molecular complexity index is 1900. The fraction of sp³-hybridized carbons (Fsp3) is 0.429. The van der Waals surface area contributed by atoms with Gasteiger partial charge in [0.05, 0.1) is 12.3 Å². The van der Waals surface area contributed by atoms with Crippen LogP contribution in [0.4, 0.5) is 8.78 Å². The van der Waals surface area contributed by atoms with E-state index in [4.69, 9.17) is 9.26 Å². The minimum atomic E-state index is -3.95. The molecule has 0 radical (unpaired) electrons. The molecule has 1 fully saturated rings. The smallest absolute Gasteiger partial charge is 0.323 e. The van der Waals surface area contributed by atoms with Crippen LogP contribution in [0.15, 0.2) is 59.5 Å². The Kier molecular flexibility index (Phi) is 11.2. The Morgan fingerprint density at radius 3 is 2.37 bits per heavy atom. The van der Waals surface area contributed by atoms with E-state index < -0.39 is 78.0 Å². The van der Waals surface area contributed by atoms with Gasteiger partial charge in [0.25, 0.3) is 11.8 Å². The van der Waals surface area contributed by atoms with E-state index in [0.717, 1.165) is 31.2 Å². The summed E-state index contributed by atoms with van der Waals surface area (Å²) in [5.41, 5.74) is -3.09. The average molecular weight is 730 g/mol. The Morgan fingerprint density at radius 2 is 1.75 bits per heavy atom. The molecule has 1 aromatic heterocycles. The molecule has 5 rings (SSSR count). The number of rotatable bonds is 13. The zero-order chi connectivity index (χ0) is 37.1. The van der Waals surface area contributed by atoms with Gasteiger partial charge >= 0.3 is 13.5 Å². The van der Waals surface area contributed by atoms with Crippen LogP contribution in [0.5, 0.6) is 11.5 Å². The van der Waals surface area contributed by atoms with Crippen LogP contribution in [-0.2, 0) is 20.6 Å². The normalized spacial score (nSPS) is 16.9. The predicted molar refractivity (Wildman–Crippen MR) is 184 cm³/mol. The number of amides is 2. The van der Waals surface area contributed by atoms with E-state index >= 15 is 0 Å². The first-order valence-electron chi connectivity index (χ1n) is 16.8. The van der Waals surface area contributed by atoms with E-state index in [0.29, 0.717) is 18.9 Å². The van der Waals surface area contributed by atoms with Crippen molar-refractivity contribution in [3.8, 4) is 11.5 Å². The molecule has 1 unspecified atom stereocenters. The van der Waals surface area contributed by atoms with Crippen LogP contribution in [-0.4, -0.2) is 69.5 Å². The van der Waals surface area contributed by atoms with E-state index in [2.05, 4.69) is 10.4 Å². The van der Waals surface area contributed by atoms with Gasteiger partial charge in [0.1, 0.15) is 34.7 Å². The van der Waals surface area contributed by atoms with Crippen LogP contribution in [0.3, 0.4) is 0 Å². The first-order valence-corrected chi connectivity index (χ1v) is 18.6. The van der Waals surface area contributed by atoms with Gasteiger partial charge in [-0.1, -0.05) is 24.3 Å². The molecule has 2 aliphatic rings. The summed E-state index contributed by atoms with van der Waals surface area (Å²) in [5.74, 6) is -4.64. The van der Waals surface area contributed by atoms with Crippen molar-refractivity contribution in [2.45, 2.75) is 77.7 Å². The lowest BCUT2D eigenvalue weighted by Gasteiger charge is -2.54. The standard InChI is InChI=1S/C35H42F2N5O8P/c1-5-40-33(46)29-31(44)30(43)27(32(45)38-20-24-13-14-25(36)19-28(24)37)21-41(29)42(35(40)15-9-10-16-35)17-18-51(48,50-26-11-7-6-8-12-26)39-23(4)34(47)49-22(2)3/h6-8,11-14,19,21-23,44H,5,9-10,15-18,20H2,1-4H3,(H,38,45)(H,39,48)/t23-,51?/m0/s1. The molecule has 1 saturated carbocycles. The Hall–Kier alpha value is -4.75. The minimum Gasteiger partial charge on any atom is -0.502 e. The lowest BCUT2D eigenvalue weighted by Crippen LogP contribution is -2.70. The van der Waals surface area contributed by atoms with Crippen molar-refractivity contribution in [3.63, 3.8) is 0 Å². The van der Waals surface area contributed by atoms with Crippen molar-refractivity contribution >= 4 is 25.3 Å². The molecule has 1 aliphatic heterocycles. The second kappa shape index (κ2) is 15.2. The minimum absolute atomic E-state index is 0.0412. The number of nitrogens with zero attached hydrogens (tertiary/aromatic N) is 3. The van der Waals surface area contributed by atoms with E-state index in [-0.39, 0.29) is 36.3 Å². The molecule has 16 heteroatoms. The number of hydrogen-bond donors (Lipinski definition) is 3. The molecule has 3 aromatic rings. The zero-order valence-electron chi connectivity index (χ0n) is 28.9. The van der Waals surface area contributed by atoms with E-state index in [9.17, 15) is 37.6 Å². The highest BCUT2D eigenvalue weighted by molar-refractivity contribution is 7.57. The molecule has 13 nitrogen and oxygen atoms in total. The fourth-order valence-electron chi connectivity index (χ4n) is 6.65. The number of fused-ring (bicyclic) bond motifs is 1. The van der Waals surface area contributed by atoms with Crippen LogP contribution in [0, 0.1) is 11.6 Å². The molecular formula is C35H42F2N5O8P. The maximum Gasteiger partial charge on any atom is 0.323 e. The molecule has 0 bridgehead atoms. The van der Waals surface area contributed by atoms with Gasteiger partial charge in [0.2, 0.25) is 5.43 Å². The van der Waals surface area contributed by atoms with Gasteiger partial charge in [-0.25, -0.2) is 13.9 Å². The number of pyridine rings is 1. The summed E-state index contributed by atoms with van der Waals surface area (Å²) in [6.07, 6.45) is 2.92. The van der Waals surface area contributed by atoms with Crippen molar-refractivity contribution in [1.29, 1.82) is 0 Å². The molecule has 51 heavy (non-hydrogen) atoms. The van der Waals surface area contributed by atoms with Crippen LogP contribution < -0.4 is 25.4 Å². The van der Waals surface area contributed by atoms with E-state index in [1.807, 2.05) is 0 Å². The van der Waals surface area contributed by atoms with Crippen molar-refractivity contribution < 1.29 is 42.1 Å².